The van der Waals surface area contributed by atoms with Gasteiger partial charge in [-0.05, 0) is 46.5 Å². The van der Waals surface area contributed by atoms with Crippen molar-refractivity contribution in [3.63, 3.8) is 0 Å². The maximum atomic E-state index is 12.1. The van der Waals surface area contributed by atoms with Gasteiger partial charge in [-0.2, -0.15) is 0 Å². The number of fused-ring (bicyclic) bond motifs is 1. The van der Waals surface area contributed by atoms with E-state index in [0.717, 1.165) is 10.0 Å². The molecule has 20 heavy (non-hydrogen) atoms. The summed E-state index contributed by atoms with van der Waals surface area (Å²) in [4.78, 5) is 25.6. The molecule has 1 aromatic carbocycles. The lowest BCUT2D eigenvalue weighted by Crippen LogP contribution is -2.34. The minimum absolute atomic E-state index is 0.375. The average molecular weight is 335 g/mol. The van der Waals surface area contributed by atoms with Crippen LogP contribution >= 0.6 is 15.9 Å². The Morgan fingerprint density at radius 3 is 2.85 bits per heavy atom. The van der Waals surface area contributed by atoms with Gasteiger partial charge in [-0.3, -0.25) is 14.5 Å². The molecule has 1 fully saturated rings. The third-order valence-electron chi connectivity index (χ3n) is 3.54. The number of hydrogen-bond donors (Lipinski definition) is 1. The first-order valence-corrected chi connectivity index (χ1v) is 7.42. The molecule has 0 aromatic heterocycles. The molecule has 0 saturated heterocycles. The van der Waals surface area contributed by atoms with Crippen molar-refractivity contribution in [1.82, 2.24) is 5.32 Å². The number of halogens is 1. The zero-order valence-electron chi connectivity index (χ0n) is 11.0. The van der Waals surface area contributed by atoms with Crippen molar-refractivity contribution in [2.75, 3.05) is 18.0 Å². The highest BCUT2D eigenvalue weighted by Gasteiger charge is 2.37. The Labute approximate surface area is 126 Å². The van der Waals surface area contributed by atoms with Crippen molar-refractivity contribution in [3.05, 3.63) is 40.4 Å². The van der Waals surface area contributed by atoms with Crippen molar-refractivity contribution >= 4 is 33.3 Å². The Morgan fingerprint density at radius 2 is 2.15 bits per heavy atom. The molecule has 4 nitrogen and oxygen atoms in total. The van der Waals surface area contributed by atoms with Gasteiger partial charge in [-0.15, -0.1) is 0 Å². The lowest BCUT2D eigenvalue weighted by Gasteiger charge is -2.19. The molecular formula is C15H15BrN2O2. The summed E-state index contributed by atoms with van der Waals surface area (Å²) in [5.74, 6) is -0.913. The number of amides is 1. The number of hydrogen-bond acceptors (Lipinski definition) is 3. The Balaban J connectivity index is 1.77. The summed E-state index contributed by atoms with van der Waals surface area (Å²) in [6, 6.07) is 5.89. The molecule has 1 aromatic rings. The quantitative estimate of drug-likeness (QED) is 0.663. The molecule has 0 atom stereocenters. The number of nitrogens with one attached hydrogen (secondary N) is 1. The zero-order valence-corrected chi connectivity index (χ0v) is 12.6. The van der Waals surface area contributed by atoms with Crippen LogP contribution in [0.15, 0.2) is 34.8 Å². The molecule has 1 amide bonds. The summed E-state index contributed by atoms with van der Waals surface area (Å²) < 4.78 is 0.761. The number of Topliss-reactive ketones (excluding diaryl/α,β-unsaturated/α-hetero) is 1. The average Bonchev–Trinajstić information content (AvgIpc) is 3.22. The molecule has 1 aliphatic carbocycles. The number of anilines is 1. The summed E-state index contributed by atoms with van der Waals surface area (Å²) >= 11 is 3.41. The van der Waals surface area contributed by atoms with E-state index in [1.807, 2.05) is 6.07 Å². The molecule has 1 heterocycles. The minimum Gasteiger partial charge on any atom is -0.310 e. The van der Waals surface area contributed by atoms with Gasteiger partial charge in [-0.1, -0.05) is 12.6 Å². The fourth-order valence-corrected chi connectivity index (χ4v) is 2.90. The van der Waals surface area contributed by atoms with Gasteiger partial charge in [-0.25, -0.2) is 0 Å². The van der Waals surface area contributed by atoms with Crippen molar-refractivity contribution in [2.24, 2.45) is 0 Å². The molecule has 0 radical (unpaired) electrons. The molecule has 1 N–H and O–H groups in total. The van der Waals surface area contributed by atoms with Crippen LogP contribution in [0.5, 0.6) is 0 Å². The van der Waals surface area contributed by atoms with Crippen LogP contribution in [0.25, 0.3) is 0 Å². The second kappa shape index (κ2) is 5.14. The van der Waals surface area contributed by atoms with E-state index in [2.05, 4.69) is 27.8 Å². The van der Waals surface area contributed by atoms with Crippen LogP contribution in [0.4, 0.5) is 5.69 Å². The van der Waals surface area contributed by atoms with Gasteiger partial charge in [0, 0.05) is 23.6 Å². The number of nitrogens with zero attached hydrogens (tertiary/aromatic N) is 1. The summed E-state index contributed by atoms with van der Waals surface area (Å²) in [7, 11) is 0. The number of para-hydroxylation sites is 1. The van der Waals surface area contributed by atoms with Gasteiger partial charge in [0.05, 0.1) is 11.3 Å². The van der Waals surface area contributed by atoms with Crippen LogP contribution in [-0.2, 0) is 4.79 Å². The third-order valence-corrected chi connectivity index (χ3v) is 4.18. The van der Waals surface area contributed by atoms with Gasteiger partial charge in [0.25, 0.3) is 11.7 Å². The van der Waals surface area contributed by atoms with E-state index in [0.29, 0.717) is 30.4 Å². The Kier molecular flexibility index (Phi) is 3.48. The highest BCUT2D eigenvalue weighted by Crippen LogP contribution is 2.36. The van der Waals surface area contributed by atoms with E-state index < -0.39 is 11.7 Å². The molecule has 2 aliphatic rings. The SMILES string of the molecule is C=C(CNC1CC1)CN1C(=O)C(=O)c2cccc(Br)c21. The smallest absolute Gasteiger partial charge is 0.299 e. The van der Waals surface area contributed by atoms with Crippen LogP contribution in [-0.4, -0.2) is 30.8 Å². The van der Waals surface area contributed by atoms with E-state index in [9.17, 15) is 9.59 Å². The number of ketones is 1. The monoisotopic (exact) mass is 334 g/mol. The van der Waals surface area contributed by atoms with Crippen molar-refractivity contribution in [2.45, 2.75) is 18.9 Å². The molecule has 1 aliphatic heterocycles. The van der Waals surface area contributed by atoms with Crippen molar-refractivity contribution in [3.8, 4) is 0 Å². The second-order valence-electron chi connectivity index (χ2n) is 5.26. The van der Waals surface area contributed by atoms with E-state index in [-0.39, 0.29) is 0 Å². The second-order valence-corrected chi connectivity index (χ2v) is 6.12. The van der Waals surface area contributed by atoms with Crippen LogP contribution < -0.4 is 10.2 Å². The third kappa shape index (κ3) is 2.43. The number of benzene rings is 1. The maximum Gasteiger partial charge on any atom is 0.299 e. The lowest BCUT2D eigenvalue weighted by molar-refractivity contribution is -0.114. The van der Waals surface area contributed by atoms with Crippen LogP contribution in [0, 0.1) is 0 Å². The summed E-state index contributed by atoms with van der Waals surface area (Å²) in [6.45, 7) is 5.05. The Hall–Kier alpha value is -1.46. The van der Waals surface area contributed by atoms with Gasteiger partial charge in [0.15, 0.2) is 0 Å². The molecule has 3 rings (SSSR count). The molecule has 5 heteroatoms. The molecule has 0 spiro atoms. The van der Waals surface area contributed by atoms with Gasteiger partial charge in [0.2, 0.25) is 0 Å². The fourth-order valence-electron chi connectivity index (χ4n) is 2.32. The predicted molar refractivity (Wildman–Crippen MR) is 81.0 cm³/mol. The first-order valence-electron chi connectivity index (χ1n) is 6.62. The van der Waals surface area contributed by atoms with E-state index in [4.69, 9.17) is 0 Å². The fraction of sp³-hybridized carbons (Fsp3) is 0.333. The molecular weight excluding hydrogens is 320 g/mol. The zero-order chi connectivity index (χ0) is 14.3. The first kappa shape index (κ1) is 13.5. The largest absolute Gasteiger partial charge is 0.310 e. The first-order chi connectivity index (χ1) is 9.58. The van der Waals surface area contributed by atoms with Gasteiger partial charge < -0.3 is 5.32 Å². The van der Waals surface area contributed by atoms with E-state index in [1.165, 1.54) is 17.7 Å². The number of rotatable bonds is 5. The highest BCUT2D eigenvalue weighted by molar-refractivity contribution is 9.10. The molecule has 104 valence electrons. The summed E-state index contributed by atoms with van der Waals surface area (Å²) in [5, 5.41) is 3.36. The normalized spacial score (nSPS) is 17.6. The minimum atomic E-state index is -0.473. The van der Waals surface area contributed by atoms with E-state index in [1.54, 1.807) is 12.1 Å². The van der Waals surface area contributed by atoms with Crippen LogP contribution in [0.2, 0.25) is 0 Å². The maximum absolute atomic E-state index is 12.1. The number of carbonyl (C=O) groups excluding carboxylic acids is 2. The highest BCUT2D eigenvalue weighted by atomic mass is 79.9. The van der Waals surface area contributed by atoms with Crippen LogP contribution in [0.1, 0.15) is 23.2 Å². The van der Waals surface area contributed by atoms with Gasteiger partial charge in [0.1, 0.15) is 0 Å². The summed E-state index contributed by atoms with van der Waals surface area (Å²) in [5.41, 5.74) is 2.03. The van der Waals surface area contributed by atoms with Crippen molar-refractivity contribution in [1.29, 1.82) is 0 Å². The van der Waals surface area contributed by atoms with Crippen LogP contribution in [0.3, 0.4) is 0 Å². The Bertz CT molecular complexity index is 608. The molecule has 1 saturated carbocycles. The predicted octanol–water partition coefficient (Wildman–Crippen LogP) is 2.29. The van der Waals surface area contributed by atoms with E-state index >= 15 is 0 Å². The molecule has 0 bridgehead atoms. The Morgan fingerprint density at radius 1 is 1.40 bits per heavy atom. The molecule has 0 unspecified atom stereocenters. The lowest BCUT2D eigenvalue weighted by atomic mass is 10.1. The number of carbonyl (C=O) groups is 2. The van der Waals surface area contributed by atoms with Gasteiger partial charge >= 0.3 is 0 Å². The van der Waals surface area contributed by atoms with Crippen molar-refractivity contribution < 1.29 is 9.59 Å². The topological polar surface area (TPSA) is 49.4 Å². The summed E-state index contributed by atoms with van der Waals surface area (Å²) in [6.07, 6.45) is 2.42. The standard InChI is InChI=1S/C15H15BrN2O2/c1-9(7-17-10-5-6-10)8-18-13-11(14(19)15(18)20)3-2-4-12(13)16/h2-4,10,17H,1,5-8H2.